The van der Waals surface area contributed by atoms with E-state index in [1.165, 1.54) is 0 Å². The summed E-state index contributed by atoms with van der Waals surface area (Å²) in [5.74, 6) is 2.28. The SMILES string of the molecule is OC[C@H]1[C@H]2C=C[C@H]3[C@H](C=C[C@H]2O)[C@H]31. The topological polar surface area (TPSA) is 40.5 Å². The molecule has 70 valence electrons. The standard InChI is InChI=1S/C11H14O2/c12-5-9-6-1-2-7-8(11(7)9)3-4-10(6)13/h1-4,6-13H,5H2/t6-,7+,8+,9+,10-,11+/m1/s1. The molecule has 1 fully saturated rings. The van der Waals surface area contributed by atoms with Crippen LogP contribution in [0.25, 0.3) is 0 Å². The lowest BCUT2D eigenvalue weighted by Crippen LogP contribution is -2.30. The molecule has 2 N–H and O–H groups in total. The molecule has 0 amide bonds. The van der Waals surface area contributed by atoms with E-state index < -0.39 is 0 Å². The van der Waals surface area contributed by atoms with Gasteiger partial charge in [0.15, 0.2) is 0 Å². The van der Waals surface area contributed by atoms with Crippen LogP contribution in [0, 0.1) is 29.6 Å². The lowest BCUT2D eigenvalue weighted by atomic mass is 9.81. The van der Waals surface area contributed by atoms with E-state index in [0.717, 1.165) is 0 Å². The Balaban J connectivity index is 2.00. The van der Waals surface area contributed by atoms with Gasteiger partial charge in [-0.1, -0.05) is 24.3 Å². The lowest BCUT2D eigenvalue weighted by molar-refractivity contribution is 0.0885. The van der Waals surface area contributed by atoms with Crippen LogP contribution in [0.3, 0.4) is 0 Å². The zero-order valence-corrected chi connectivity index (χ0v) is 7.38. The second-order valence-corrected chi connectivity index (χ2v) is 4.42. The summed E-state index contributed by atoms with van der Waals surface area (Å²) in [6, 6.07) is 0. The van der Waals surface area contributed by atoms with E-state index in [1.807, 2.05) is 6.08 Å². The minimum Gasteiger partial charge on any atom is -0.396 e. The van der Waals surface area contributed by atoms with Crippen LogP contribution in [0.5, 0.6) is 0 Å². The van der Waals surface area contributed by atoms with Gasteiger partial charge < -0.3 is 10.2 Å². The molecule has 0 unspecified atom stereocenters. The molecule has 0 heterocycles. The van der Waals surface area contributed by atoms with Gasteiger partial charge in [-0.25, -0.2) is 0 Å². The smallest absolute Gasteiger partial charge is 0.0787 e. The Morgan fingerprint density at radius 3 is 2.23 bits per heavy atom. The van der Waals surface area contributed by atoms with Crippen molar-refractivity contribution in [3.63, 3.8) is 0 Å². The largest absolute Gasteiger partial charge is 0.396 e. The fraction of sp³-hybridized carbons (Fsp3) is 0.636. The summed E-state index contributed by atoms with van der Waals surface area (Å²) in [7, 11) is 0. The van der Waals surface area contributed by atoms with Gasteiger partial charge in [0, 0.05) is 12.5 Å². The van der Waals surface area contributed by atoms with Crippen LogP contribution in [0.2, 0.25) is 0 Å². The highest BCUT2D eigenvalue weighted by Gasteiger charge is 2.56. The summed E-state index contributed by atoms with van der Waals surface area (Å²) in [5, 5.41) is 19.0. The molecular formula is C11H14O2. The molecule has 0 aromatic carbocycles. The Morgan fingerprint density at radius 1 is 0.923 bits per heavy atom. The van der Waals surface area contributed by atoms with Crippen molar-refractivity contribution in [2.75, 3.05) is 6.61 Å². The molecule has 13 heavy (non-hydrogen) atoms. The van der Waals surface area contributed by atoms with Crippen LogP contribution >= 0.6 is 0 Å². The summed E-state index contributed by atoms with van der Waals surface area (Å²) < 4.78 is 0. The van der Waals surface area contributed by atoms with Crippen LogP contribution in [0.15, 0.2) is 24.3 Å². The van der Waals surface area contributed by atoms with Gasteiger partial charge in [-0.2, -0.15) is 0 Å². The van der Waals surface area contributed by atoms with E-state index in [2.05, 4.69) is 18.2 Å². The molecule has 6 atom stereocenters. The van der Waals surface area contributed by atoms with E-state index in [0.29, 0.717) is 17.8 Å². The van der Waals surface area contributed by atoms with Gasteiger partial charge >= 0.3 is 0 Å². The first kappa shape index (κ1) is 7.77. The molecule has 0 aromatic rings. The summed E-state index contributed by atoms with van der Waals surface area (Å²) in [4.78, 5) is 0. The molecule has 3 aliphatic rings. The molecule has 1 saturated carbocycles. The van der Waals surface area contributed by atoms with E-state index in [-0.39, 0.29) is 24.5 Å². The molecule has 3 rings (SSSR count). The predicted octanol–water partition coefficient (Wildman–Crippen LogP) is 0.574. The Bertz CT molecular complexity index is 278. The van der Waals surface area contributed by atoms with Crippen LogP contribution in [0.4, 0.5) is 0 Å². The molecule has 0 spiro atoms. The van der Waals surface area contributed by atoms with Gasteiger partial charge in [0.05, 0.1) is 6.10 Å². The number of allylic oxidation sites excluding steroid dienone is 2. The van der Waals surface area contributed by atoms with Crippen LogP contribution in [-0.2, 0) is 0 Å². The highest BCUT2D eigenvalue weighted by atomic mass is 16.3. The van der Waals surface area contributed by atoms with Crippen molar-refractivity contribution in [1.29, 1.82) is 0 Å². The van der Waals surface area contributed by atoms with Crippen molar-refractivity contribution in [3.05, 3.63) is 24.3 Å². The highest BCUT2D eigenvalue weighted by molar-refractivity contribution is 5.27. The van der Waals surface area contributed by atoms with Crippen molar-refractivity contribution < 1.29 is 10.2 Å². The Morgan fingerprint density at radius 2 is 1.54 bits per heavy atom. The van der Waals surface area contributed by atoms with Crippen LogP contribution < -0.4 is 0 Å². The first-order chi connectivity index (χ1) is 6.33. The van der Waals surface area contributed by atoms with Gasteiger partial charge in [0.25, 0.3) is 0 Å². The third kappa shape index (κ3) is 0.903. The van der Waals surface area contributed by atoms with E-state index in [9.17, 15) is 10.2 Å². The number of rotatable bonds is 1. The maximum Gasteiger partial charge on any atom is 0.0787 e. The predicted molar refractivity (Wildman–Crippen MR) is 48.8 cm³/mol. The number of aliphatic hydroxyl groups is 2. The van der Waals surface area contributed by atoms with Crippen molar-refractivity contribution in [2.24, 2.45) is 29.6 Å². The molecule has 0 aliphatic heterocycles. The van der Waals surface area contributed by atoms with Crippen molar-refractivity contribution in [3.8, 4) is 0 Å². The molecule has 2 bridgehead atoms. The first-order valence-corrected chi connectivity index (χ1v) is 4.98. The van der Waals surface area contributed by atoms with Gasteiger partial charge in [0.2, 0.25) is 0 Å². The highest BCUT2D eigenvalue weighted by Crippen LogP contribution is 2.59. The summed E-state index contributed by atoms with van der Waals surface area (Å²) >= 11 is 0. The third-order valence-electron chi connectivity index (χ3n) is 3.87. The van der Waals surface area contributed by atoms with E-state index in [1.54, 1.807) is 0 Å². The molecule has 0 aromatic heterocycles. The second kappa shape index (κ2) is 2.46. The number of hydrogen-bond donors (Lipinski definition) is 2. The van der Waals surface area contributed by atoms with Crippen LogP contribution in [0.1, 0.15) is 0 Å². The quantitative estimate of drug-likeness (QED) is 0.576. The Hall–Kier alpha value is -0.600. The molecule has 3 aliphatic carbocycles. The van der Waals surface area contributed by atoms with Gasteiger partial charge in [-0.3, -0.25) is 0 Å². The monoisotopic (exact) mass is 178 g/mol. The normalized spacial score (nSPS) is 56.2. The second-order valence-electron chi connectivity index (χ2n) is 4.42. The van der Waals surface area contributed by atoms with Crippen molar-refractivity contribution in [1.82, 2.24) is 0 Å². The fourth-order valence-electron chi connectivity index (χ4n) is 3.11. The maximum atomic E-state index is 9.76. The van der Waals surface area contributed by atoms with Gasteiger partial charge in [-0.15, -0.1) is 0 Å². The average Bonchev–Trinajstić information content (AvgIpc) is 2.84. The molecule has 2 nitrogen and oxygen atoms in total. The fourth-order valence-corrected chi connectivity index (χ4v) is 3.11. The third-order valence-corrected chi connectivity index (χ3v) is 3.87. The van der Waals surface area contributed by atoms with Crippen molar-refractivity contribution in [2.45, 2.75) is 6.10 Å². The number of hydrogen-bond acceptors (Lipinski definition) is 2. The zero-order valence-electron chi connectivity index (χ0n) is 7.38. The Labute approximate surface area is 77.6 Å². The molecule has 0 saturated heterocycles. The van der Waals surface area contributed by atoms with Crippen molar-refractivity contribution >= 4 is 0 Å². The van der Waals surface area contributed by atoms with Crippen LogP contribution in [-0.4, -0.2) is 22.9 Å². The number of fused-ring (bicyclic) bond motifs is 2. The first-order valence-electron chi connectivity index (χ1n) is 4.98. The molecule has 2 heteroatoms. The summed E-state index contributed by atoms with van der Waals surface area (Å²) in [5.41, 5.74) is 0. The lowest BCUT2D eigenvalue weighted by Gasteiger charge is -2.27. The average molecular weight is 178 g/mol. The van der Waals surface area contributed by atoms with Gasteiger partial charge in [0.1, 0.15) is 0 Å². The Kier molecular flexibility index (Phi) is 1.47. The number of aliphatic hydroxyl groups excluding tert-OH is 2. The minimum absolute atomic E-state index is 0.148. The zero-order chi connectivity index (χ0) is 9.00. The maximum absolute atomic E-state index is 9.76. The minimum atomic E-state index is -0.387. The van der Waals surface area contributed by atoms with E-state index in [4.69, 9.17) is 0 Å². The summed E-state index contributed by atoms with van der Waals surface area (Å²) in [6.45, 7) is 0.214. The van der Waals surface area contributed by atoms with E-state index >= 15 is 0 Å². The molecule has 0 radical (unpaired) electrons. The summed E-state index contributed by atoms with van der Waals surface area (Å²) in [6.07, 6.45) is 7.96. The van der Waals surface area contributed by atoms with Gasteiger partial charge in [-0.05, 0) is 23.7 Å². The molecular weight excluding hydrogens is 164 g/mol.